The Morgan fingerprint density at radius 3 is 2.40 bits per heavy atom. The largest absolute Gasteiger partial charge is 0.354 e. The molecule has 2 N–H and O–H groups in total. The number of hydrogen-bond acceptors (Lipinski definition) is 4. The minimum Gasteiger partial charge on any atom is -0.354 e. The van der Waals surface area contributed by atoms with Crippen molar-refractivity contribution >= 4 is 11.7 Å². The summed E-state index contributed by atoms with van der Waals surface area (Å²) in [7, 11) is 3.89. The van der Waals surface area contributed by atoms with Gasteiger partial charge in [0.2, 0.25) is 5.91 Å². The number of nitrogens with zero attached hydrogens (tertiary/aromatic N) is 1. The van der Waals surface area contributed by atoms with Crippen molar-refractivity contribution in [2.45, 2.75) is 19.9 Å². The molecule has 0 aliphatic heterocycles. The molecular formula is C10H21N3O2. The van der Waals surface area contributed by atoms with Gasteiger partial charge in [0.15, 0.2) is 0 Å². The number of hydrogen-bond donors (Lipinski definition) is 2. The van der Waals surface area contributed by atoms with Crippen LogP contribution in [0.3, 0.4) is 0 Å². The van der Waals surface area contributed by atoms with E-state index in [1.165, 1.54) is 6.92 Å². The summed E-state index contributed by atoms with van der Waals surface area (Å²) in [5.41, 5.74) is 0. The van der Waals surface area contributed by atoms with Crippen LogP contribution in [-0.2, 0) is 9.59 Å². The third kappa shape index (κ3) is 8.08. The van der Waals surface area contributed by atoms with Crippen molar-refractivity contribution in [3.05, 3.63) is 0 Å². The number of carbonyl (C=O) groups is 2. The van der Waals surface area contributed by atoms with Crippen molar-refractivity contribution in [2.75, 3.05) is 33.7 Å². The zero-order chi connectivity index (χ0) is 11.8. The first kappa shape index (κ1) is 14.1. The maximum atomic E-state index is 11.2. The summed E-state index contributed by atoms with van der Waals surface area (Å²) in [6.45, 7) is 4.88. The predicted molar refractivity (Wildman–Crippen MR) is 59.7 cm³/mol. The third-order valence-corrected chi connectivity index (χ3v) is 2.06. The average Bonchev–Trinajstić information content (AvgIpc) is 2.13. The van der Waals surface area contributed by atoms with Gasteiger partial charge < -0.3 is 10.2 Å². The third-order valence-electron chi connectivity index (χ3n) is 2.06. The summed E-state index contributed by atoms with van der Waals surface area (Å²) >= 11 is 0. The maximum Gasteiger partial charge on any atom is 0.234 e. The van der Waals surface area contributed by atoms with Gasteiger partial charge in [-0.3, -0.25) is 14.9 Å². The van der Waals surface area contributed by atoms with E-state index in [1.807, 2.05) is 19.0 Å². The Bertz CT molecular complexity index is 217. The molecule has 0 saturated carbocycles. The van der Waals surface area contributed by atoms with Crippen LogP contribution in [0.1, 0.15) is 13.8 Å². The lowest BCUT2D eigenvalue weighted by atomic mass is 10.2. The lowest BCUT2D eigenvalue weighted by Gasteiger charge is -2.12. The summed E-state index contributed by atoms with van der Waals surface area (Å²) in [5, 5.41) is 5.60. The lowest BCUT2D eigenvalue weighted by molar-refractivity contribution is -0.121. The van der Waals surface area contributed by atoms with Crippen LogP contribution in [0.4, 0.5) is 0 Å². The number of amides is 1. The molecule has 0 saturated heterocycles. The predicted octanol–water partition coefficient (Wildman–Crippen LogP) is -0.769. The molecule has 0 unspecified atom stereocenters. The van der Waals surface area contributed by atoms with Crippen molar-refractivity contribution in [1.29, 1.82) is 0 Å². The summed E-state index contributed by atoms with van der Waals surface area (Å²) in [6.07, 6.45) is 0. The Morgan fingerprint density at radius 1 is 1.33 bits per heavy atom. The average molecular weight is 215 g/mol. The van der Waals surface area contributed by atoms with E-state index in [1.54, 1.807) is 6.92 Å². The number of rotatable bonds is 7. The normalized spacial score (nSPS) is 12.6. The number of nitrogens with one attached hydrogen (secondary N) is 2. The molecular weight excluding hydrogens is 194 g/mol. The molecule has 0 bridgehead atoms. The Balaban J connectivity index is 3.53. The van der Waals surface area contributed by atoms with Crippen molar-refractivity contribution in [1.82, 2.24) is 15.5 Å². The van der Waals surface area contributed by atoms with Gasteiger partial charge in [0.1, 0.15) is 5.78 Å². The zero-order valence-electron chi connectivity index (χ0n) is 9.96. The van der Waals surface area contributed by atoms with Crippen LogP contribution < -0.4 is 10.6 Å². The molecule has 0 aromatic carbocycles. The van der Waals surface area contributed by atoms with Crippen LogP contribution in [0, 0.1) is 0 Å². The van der Waals surface area contributed by atoms with Gasteiger partial charge >= 0.3 is 0 Å². The lowest BCUT2D eigenvalue weighted by Crippen LogP contribution is -2.42. The monoisotopic (exact) mass is 215 g/mol. The minimum atomic E-state index is -0.260. The molecule has 0 aromatic heterocycles. The van der Waals surface area contributed by atoms with Crippen LogP contribution >= 0.6 is 0 Å². The molecule has 0 rings (SSSR count). The Labute approximate surface area is 91.2 Å². The van der Waals surface area contributed by atoms with Gasteiger partial charge in [-0.2, -0.15) is 0 Å². The Kier molecular flexibility index (Phi) is 6.90. The molecule has 0 heterocycles. The first-order valence-corrected chi connectivity index (χ1v) is 5.08. The maximum absolute atomic E-state index is 11.2. The molecule has 5 nitrogen and oxygen atoms in total. The molecule has 1 amide bonds. The number of ketones is 1. The highest BCUT2D eigenvalue weighted by Crippen LogP contribution is 1.81. The summed E-state index contributed by atoms with van der Waals surface area (Å²) in [5.74, 6) is -0.0407. The van der Waals surface area contributed by atoms with Crippen molar-refractivity contribution < 1.29 is 9.59 Å². The fourth-order valence-electron chi connectivity index (χ4n) is 0.871. The van der Waals surface area contributed by atoms with E-state index in [2.05, 4.69) is 10.6 Å². The first-order valence-electron chi connectivity index (χ1n) is 5.08. The highest BCUT2D eigenvalue weighted by atomic mass is 16.2. The smallest absolute Gasteiger partial charge is 0.234 e. The van der Waals surface area contributed by atoms with E-state index < -0.39 is 0 Å². The quantitative estimate of drug-likeness (QED) is 0.585. The fraction of sp³-hybridized carbons (Fsp3) is 0.800. The van der Waals surface area contributed by atoms with Crippen LogP contribution in [0.15, 0.2) is 0 Å². The molecule has 0 aromatic rings. The van der Waals surface area contributed by atoms with Crippen LogP contribution in [0.25, 0.3) is 0 Å². The van der Waals surface area contributed by atoms with Crippen molar-refractivity contribution in [2.24, 2.45) is 0 Å². The first-order chi connectivity index (χ1) is 6.93. The standard InChI is InChI=1S/C10H21N3O2/c1-8(9(2)14)12-7-10(15)11-5-6-13(3)4/h8,12H,5-7H2,1-4H3,(H,11,15)/t8-/m0/s1. The second kappa shape index (κ2) is 7.36. The van der Waals surface area contributed by atoms with Crippen LogP contribution in [0.2, 0.25) is 0 Å². The van der Waals surface area contributed by atoms with E-state index in [9.17, 15) is 9.59 Å². The molecule has 0 aliphatic rings. The van der Waals surface area contributed by atoms with Gasteiger partial charge in [-0.05, 0) is 27.9 Å². The van der Waals surface area contributed by atoms with Crippen molar-refractivity contribution in [3.63, 3.8) is 0 Å². The second-order valence-corrected chi connectivity index (χ2v) is 3.87. The van der Waals surface area contributed by atoms with E-state index in [4.69, 9.17) is 0 Å². The zero-order valence-corrected chi connectivity index (χ0v) is 9.96. The van der Waals surface area contributed by atoms with Gasteiger partial charge in [0.05, 0.1) is 12.6 Å². The molecule has 0 aliphatic carbocycles. The molecule has 0 fully saturated rings. The highest BCUT2D eigenvalue weighted by molar-refractivity contribution is 5.83. The highest BCUT2D eigenvalue weighted by Gasteiger charge is 2.08. The Hall–Kier alpha value is -0.940. The van der Waals surface area contributed by atoms with E-state index >= 15 is 0 Å². The molecule has 5 heteroatoms. The van der Waals surface area contributed by atoms with E-state index in [0.29, 0.717) is 6.54 Å². The van der Waals surface area contributed by atoms with Gasteiger partial charge in [-0.1, -0.05) is 0 Å². The Morgan fingerprint density at radius 2 is 1.93 bits per heavy atom. The number of Topliss-reactive ketones (excluding diaryl/α,β-unsaturated/α-hetero) is 1. The van der Waals surface area contributed by atoms with Crippen molar-refractivity contribution in [3.8, 4) is 0 Å². The number of carbonyl (C=O) groups excluding carboxylic acids is 2. The summed E-state index contributed by atoms with van der Waals surface area (Å²) in [4.78, 5) is 24.1. The molecule has 1 atom stereocenters. The van der Waals surface area contributed by atoms with E-state index in [0.717, 1.165) is 6.54 Å². The number of likely N-dealkylation sites (N-methyl/N-ethyl adjacent to an activating group) is 1. The van der Waals surface area contributed by atoms with Gasteiger partial charge in [0, 0.05) is 13.1 Å². The van der Waals surface area contributed by atoms with Gasteiger partial charge in [-0.15, -0.1) is 0 Å². The van der Waals surface area contributed by atoms with Gasteiger partial charge in [0.25, 0.3) is 0 Å². The van der Waals surface area contributed by atoms with E-state index in [-0.39, 0.29) is 24.3 Å². The molecule has 0 spiro atoms. The van der Waals surface area contributed by atoms with Crippen LogP contribution in [-0.4, -0.2) is 56.4 Å². The molecule has 88 valence electrons. The van der Waals surface area contributed by atoms with Gasteiger partial charge in [-0.25, -0.2) is 0 Å². The SMILES string of the molecule is CC(=O)[C@H](C)NCC(=O)NCCN(C)C. The molecule has 15 heavy (non-hydrogen) atoms. The fourth-order valence-corrected chi connectivity index (χ4v) is 0.871. The summed E-state index contributed by atoms with van der Waals surface area (Å²) in [6, 6.07) is -0.260. The topological polar surface area (TPSA) is 61.4 Å². The van der Waals surface area contributed by atoms with Crippen LogP contribution in [0.5, 0.6) is 0 Å². The molecule has 0 radical (unpaired) electrons. The second-order valence-electron chi connectivity index (χ2n) is 3.87. The minimum absolute atomic E-state index is 0.0380. The summed E-state index contributed by atoms with van der Waals surface area (Å²) < 4.78 is 0.